The molecule has 0 aliphatic carbocycles. The fraction of sp³-hybridized carbons (Fsp3) is 0.0588. The highest BCUT2D eigenvalue weighted by molar-refractivity contribution is 14.1. The lowest BCUT2D eigenvalue weighted by Gasteiger charge is -2.06. The number of imide groups is 1. The number of carbonyl (C=O) groups is 2. The molecule has 0 aromatic heterocycles. The molecule has 0 spiro atoms. The maximum absolute atomic E-state index is 11.5. The number of halogens is 1. The van der Waals surface area contributed by atoms with Gasteiger partial charge in [0.25, 0.3) is 11.1 Å². The normalized spacial score (nSPS) is 15.8. The van der Waals surface area contributed by atoms with Crippen molar-refractivity contribution in [2.45, 2.75) is 6.61 Å². The van der Waals surface area contributed by atoms with Crippen LogP contribution in [0.15, 0.2) is 53.4 Å². The van der Waals surface area contributed by atoms with Gasteiger partial charge in [0.1, 0.15) is 12.4 Å². The van der Waals surface area contributed by atoms with Crippen molar-refractivity contribution in [2.75, 3.05) is 0 Å². The zero-order valence-electron chi connectivity index (χ0n) is 11.9. The van der Waals surface area contributed by atoms with Crippen LogP contribution in [0.25, 0.3) is 6.08 Å². The molecule has 1 aliphatic heterocycles. The summed E-state index contributed by atoms with van der Waals surface area (Å²) < 4.78 is 6.92. The van der Waals surface area contributed by atoms with Gasteiger partial charge in [-0.3, -0.25) is 14.9 Å². The van der Waals surface area contributed by atoms with E-state index in [2.05, 4.69) is 27.9 Å². The van der Waals surface area contributed by atoms with E-state index in [1.165, 1.54) is 3.57 Å². The number of amides is 2. The number of hydrogen-bond donors (Lipinski definition) is 1. The quantitative estimate of drug-likeness (QED) is 0.576. The van der Waals surface area contributed by atoms with Crippen LogP contribution in [0.2, 0.25) is 0 Å². The summed E-state index contributed by atoms with van der Waals surface area (Å²) >= 11 is 3.18. The second-order valence-electron chi connectivity index (χ2n) is 4.84. The van der Waals surface area contributed by atoms with E-state index in [9.17, 15) is 9.59 Å². The largest absolute Gasteiger partial charge is 0.489 e. The predicted octanol–water partition coefficient (Wildman–Crippen LogP) is 4.19. The molecule has 2 amide bonds. The van der Waals surface area contributed by atoms with Crippen LogP contribution in [-0.4, -0.2) is 11.1 Å². The van der Waals surface area contributed by atoms with Crippen molar-refractivity contribution in [2.24, 2.45) is 0 Å². The van der Waals surface area contributed by atoms with E-state index in [-0.39, 0.29) is 11.1 Å². The number of ether oxygens (including phenoxy) is 1. The molecule has 23 heavy (non-hydrogen) atoms. The van der Waals surface area contributed by atoms with Crippen LogP contribution < -0.4 is 10.1 Å². The first-order valence-electron chi connectivity index (χ1n) is 6.82. The maximum Gasteiger partial charge on any atom is 0.290 e. The Morgan fingerprint density at radius 3 is 2.35 bits per heavy atom. The lowest BCUT2D eigenvalue weighted by Crippen LogP contribution is -2.17. The molecule has 1 aliphatic rings. The zero-order valence-corrected chi connectivity index (χ0v) is 14.9. The minimum atomic E-state index is -0.348. The van der Waals surface area contributed by atoms with Crippen molar-refractivity contribution in [1.82, 2.24) is 5.32 Å². The van der Waals surface area contributed by atoms with Crippen molar-refractivity contribution in [3.8, 4) is 5.75 Å². The molecule has 1 fully saturated rings. The summed E-state index contributed by atoms with van der Waals surface area (Å²) in [6.07, 6.45) is 1.69. The minimum Gasteiger partial charge on any atom is -0.489 e. The Morgan fingerprint density at radius 1 is 1.04 bits per heavy atom. The van der Waals surface area contributed by atoms with Gasteiger partial charge in [-0.25, -0.2) is 0 Å². The van der Waals surface area contributed by atoms with Crippen LogP contribution >= 0.6 is 34.4 Å². The average Bonchev–Trinajstić information content (AvgIpc) is 2.86. The molecule has 1 N–H and O–H groups in total. The fourth-order valence-electron chi connectivity index (χ4n) is 1.98. The summed E-state index contributed by atoms with van der Waals surface area (Å²) in [7, 11) is 0. The van der Waals surface area contributed by atoms with Gasteiger partial charge in [0.2, 0.25) is 0 Å². The Labute approximate surface area is 151 Å². The number of hydrogen-bond acceptors (Lipinski definition) is 4. The predicted molar refractivity (Wildman–Crippen MR) is 99.0 cm³/mol. The first kappa shape index (κ1) is 16.1. The third kappa shape index (κ3) is 4.35. The molecule has 0 unspecified atom stereocenters. The van der Waals surface area contributed by atoms with Crippen molar-refractivity contribution < 1.29 is 14.3 Å². The highest BCUT2D eigenvalue weighted by Crippen LogP contribution is 2.26. The molecule has 2 aromatic rings. The van der Waals surface area contributed by atoms with Crippen LogP contribution in [0.1, 0.15) is 11.1 Å². The molecule has 3 rings (SSSR count). The highest BCUT2D eigenvalue weighted by Gasteiger charge is 2.24. The third-order valence-electron chi connectivity index (χ3n) is 3.14. The van der Waals surface area contributed by atoms with Crippen molar-refractivity contribution in [3.63, 3.8) is 0 Å². The molecule has 2 aromatic carbocycles. The molecule has 6 heteroatoms. The Morgan fingerprint density at radius 2 is 1.74 bits per heavy atom. The standard InChI is InChI=1S/C17H12INO3S/c18-13-5-1-12(2-6-13)10-22-14-7-3-11(4-8-14)9-15-16(20)19-17(21)23-15/h1-9H,10H2,(H,19,20,21)/b15-9+. The Balaban J connectivity index is 1.63. The highest BCUT2D eigenvalue weighted by atomic mass is 127. The van der Waals surface area contributed by atoms with Gasteiger partial charge in [-0.2, -0.15) is 0 Å². The fourth-order valence-corrected chi connectivity index (χ4v) is 3.02. The molecular formula is C17H12INO3S. The molecule has 4 nitrogen and oxygen atoms in total. The lowest BCUT2D eigenvalue weighted by atomic mass is 10.2. The molecule has 1 heterocycles. The van der Waals surface area contributed by atoms with Crippen LogP contribution in [0, 0.1) is 3.57 Å². The lowest BCUT2D eigenvalue weighted by molar-refractivity contribution is -0.115. The smallest absolute Gasteiger partial charge is 0.290 e. The Kier molecular flexibility index (Phi) is 5.02. The topological polar surface area (TPSA) is 55.4 Å². The SMILES string of the molecule is O=C1NC(=O)/C(=C\c2ccc(OCc3ccc(I)cc3)cc2)S1. The van der Waals surface area contributed by atoms with Crippen LogP contribution in [-0.2, 0) is 11.4 Å². The van der Waals surface area contributed by atoms with Crippen molar-refractivity contribution in [1.29, 1.82) is 0 Å². The number of benzene rings is 2. The summed E-state index contributed by atoms with van der Waals surface area (Å²) in [6, 6.07) is 15.6. The van der Waals surface area contributed by atoms with E-state index in [0.717, 1.165) is 28.6 Å². The summed E-state index contributed by atoms with van der Waals surface area (Å²) in [5.74, 6) is 0.407. The van der Waals surface area contributed by atoms with Gasteiger partial charge in [0.05, 0.1) is 4.91 Å². The van der Waals surface area contributed by atoms with Gasteiger partial charge in [-0.1, -0.05) is 24.3 Å². The monoisotopic (exact) mass is 437 g/mol. The molecule has 0 radical (unpaired) electrons. The van der Waals surface area contributed by atoms with Gasteiger partial charge in [-0.15, -0.1) is 0 Å². The van der Waals surface area contributed by atoms with Gasteiger partial charge in [0, 0.05) is 3.57 Å². The average molecular weight is 437 g/mol. The van der Waals surface area contributed by atoms with E-state index in [4.69, 9.17) is 4.74 Å². The molecule has 1 saturated heterocycles. The number of carbonyl (C=O) groups excluding carboxylic acids is 2. The third-order valence-corrected chi connectivity index (χ3v) is 4.67. The van der Waals surface area contributed by atoms with E-state index >= 15 is 0 Å². The zero-order chi connectivity index (χ0) is 16.2. The second kappa shape index (κ2) is 7.18. The number of nitrogens with one attached hydrogen (secondary N) is 1. The van der Waals surface area contributed by atoms with Crippen LogP contribution in [0.5, 0.6) is 5.75 Å². The summed E-state index contributed by atoms with van der Waals surface area (Å²) in [4.78, 5) is 23.0. The van der Waals surface area contributed by atoms with Gasteiger partial charge >= 0.3 is 0 Å². The number of rotatable bonds is 4. The molecular weight excluding hydrogens is 425 g/mol. The van der Waals surface area contributed by atoms with Crippen molar-refractivity contribution in [3.05, 3.63) is 68.1 Å². The molecule has 116 valence electrons. The van der Waals surface area contributed by atoms with E-state index in [0.29, 0.717) is 11.5 Å². The van der Waals surface area contributed by atoms with E-state index < -0.39 is 0 Å². The summed E-state index contributed by atoms with van der Waals surface area (Å²) in [6.45, 7) is 0.504. The summed E-state index contributed by atoms with van der Waals surface area (Å²) in [5, 5.41) is 1.90. The Hall–Kier alpha value is -1.80. The minimum absolute atomic E-state index is 0.335. The van der Waals surface area contributed by atoms with E-state index in [1.807, 2.05) is 48.5 Å². The van der Waals surface area contributed by atoms with Gasteiger partial charge in [-0.05, 0) is 75.8 Å². The van der Waals surface area contributed by atoms with Crippen molar-refractivity contribution >= 4 is 51.6 Å². The first-order chi connectivity index (χ1) is 11.1. The maximum atomic E-state index is 11.5. The van der Waals surface area contributed by atoms with Gasteiger partial charge < -0.3 is 4.74 Å². The molecule has 0 bridgehead atoms. The molecule has 0 atom stereocenters. The molecule has 0 saturated carbocycles. The van der Waals surface area contributed by atoms with Crippen LogP contribution in [0.4, 0.5) is 4.79 Å². The second-order valence-corrected chi connectivity index (χ2v) is 7.10. The number of thioether (sulfide) groups is 1. The first-order valence-corrected chi connectivity index (χ1v) is 8.72. The van der Waals surface area contributed by atoms with E-state index in [1.54, 1.807) is 6.08 Å². The summed E-state index contributed by atoms with van der Waals surface area (Å²) in [5.41, 5.74) is 1.95. The Bertz CT molecular complexity index is 769. The van der Waals surface area contributed by atoms with Crippen LogP contribution in [0.3, 0.4) is 0 Å². The van der Waals surface area contributed by atoms with Gasteiger partial charge in [0.15, 0.2) is 0 Å².